The SMILES string of the molecule is CCC=CC(C)C1CC=c2c(oc3ccccc23)=C1c1cc(-c2ccc(C(C)(C)CC)cc2)ccn1. The number of para-hydroxylation sites is 1. The molecule has 184 valence electrons. The van der Waals surface area contributed by atoms with Crippen molar-refractivity contribution in [2.75, 3.05) is 0 Å². The molecule has 0 amide bonds. The Morgan fingerprint density at radius 2 is 1.81 bits per heavy atom. The molecule has 2 atom stereocenters. The van der Waals surface area contributed by atoms with E-state index in [9.17, 15) is 0 Å². The Labute approximate surface area is 215 Å². The lowest BCUT2D eigenvalue weighted by Gasteiger charge is -2.25. The third-order valence-corrected chi connectivity index (χ3v) is 8.05. The smallest absolute Gasteiger partial charge is 0.140 e. The van der Waals surface area contributed by atoms with Crippen molar-refractivity contribution in [2.45, 2.75) is 59.3 Å². The normalized spacial score (nSPS) is 16.8. The molecule has 2 aromatic heterocycles. The van der Waals surface area contributed by atoms with Crippen molar-refractivity contribution < 1.29 is 4.42 Å². The van der Waals surface area contributed by atoms with E-state index in [1.807, 2.05) is 12.3 Å². The standard InChI is InChI=1S/C34H37NO/c1-6-8-11-23(3)27-18-19-29-28-12-9-10-13-31(28)36-33(29)32(27)30-22-25(20-21-35-30)24-14-16-26(17-15-24)34(4,5)7-2/h8-17,19-23,27H,6-7,18H2,1-5H3. The summed E-state index contributed by atoms with van der Waals surface area (Å²) >= 11 is 0. The van der Waals surface area contributed by atoms with E-state index < -0.39 is 0 Å². The molecule has 2 heteroatoms. The van der Waals surface area contributed by atoms with Gasteiger partial charge in [-0.2, -0.15) is 0 Å². The van der Waals surface area contributed by atoms with E-state index >= 15 is 0 Å². The number of hydrogen-bond acceptors (Lipinski definition) is 2. The van der Waals surface area contributed by atoms with E-state index in [2.05, 4.69) is 107 Å². The Balaban J connectivity index is 1.66. The van der Waals surface area contributed by atoms with Gasteiger partial charge in [0, 0.05) is 22.4 Å². The number of fused-ring (bicyclic) bond motifs is 3. The number of hydrogen-bond donors (Lipinski definition) is 0. The zero-order valence-corrected chi connectivity index (χ0v) is 22.2. The molecule has 0 bridgehead atoms. The first-order valence-electron chi connectivity index (χ1n) is 13.4. The summed E-state index contributed by atoms with van der Waals surface area (Å²) in [7, 11) is 0. The lowest BCUT2D eigenvalue weighted by molar-refractivity contribution is 0.504. The molecular formula is C34H37NO. The van der Waals surface area contributed by atoms with Crippen molar-refractivity contribution >= 4 is 22.6 Å². The summed E-state index contributed by atoms with van der Waals surface area (Å²) in [4.78, 5) is 4.91. The number of nitrogens with zero attached hydrogens (tertiary/aromatic N) is 1. The average Bonchev–Trinajstić information content (AvgIpc) is 3.30. The molecule has 2 unspecified atom stereocenters. The van der Waals surface area contributed by atoms with Crippen molar-refractivity contribution in [3.05, 3.63) is 101 Å². The lowest BCUT2D eigenvalue weighted by atomic mass is 9.79. The largest absolute Gasteiger partial charge is 0.456 e. The van der Waals surface area contributed by atoms with E-state index in [0.29, 0.717) is 11.8 Å². The van der Waals surface area contributed by atoms with Crippen LogP contribution in [0.2, 0.25) is 0 Å². The van der Waals surface area contributed by atoms with Gasteiger partial charge in [0.15, 0.2) is 0 Å². The minimum atomic E-state index is 0.184. The summed E-state index contributed by atoms with van der Waals surface area (Å²) in [6.07, 6.45) is 12.1. The Hall–Kier alpha value is -3.39. The zero-order valence-electron chi connectivity index (χ0n) is 22.2. The van der Waals surface area contributed by atoms with E-state index in [-0.39, 0.29) is 5.41 Å². The summed E-state index contributed by atoms with van der Waals surface area (Å²) in [6, 6.07) is 21.8. The molecule has 2 nitrogen and oxygen atoms in total. The second-order valence-corrected chi connectivity index (χ2v) is 10.7. The summed E-state index contributed by atoms with van der Waals surface area (Å²) in [5, 5.41) is 2.40. The number of aromatic nitrogens is 1. The second-order valence-electron chi connectivity index (χ2n) is 10.7. The highest BCUT2D eigenvalue weighted by atomic mass is 16.3. The van der Waals surface area contributed by atoms with Crippen LogP contribution in [-0.4, -0.2) is 4.98 Å². The predicted octanol–water partition coefficient (Wildman–Crippen LogP) is 7.78. The lowest BCUT2D eigenvalue weighted by Crippen LogP contribution is -2.33. The molecule has 5 rings (SSSR count). The minimum Gasteiger partial charge on any atom is -0.456 e. The summed E-state index contributed by atoms with van der Waals surface area (Å²) < 4.78 is 6.52. The Bertz CT molecular complexity index is 1520. The summed E-state index contributed by atoms with van der Waals surface area (Å²) in [5.74, 6) is 0.704. The van der Waals surface area contributed by atoms with Crippen LogP contribution in [0.1, 0.15) is 65.1 Å². The quantitative estimate of drug-likeness (QED) is 0.255. The van der Waals surface area contributed by atoms with Crippen LogP contribution in [0.25, 0.3) is 33.7 Å². The molecule has 2 heterocycles. The van der Waals surface area contributed by atoms with Crippen molar-refractivity contribution in [3.8, 4) is 11.1 Å². The highest BCUT2D eigenvalue weighted by molar-refractivity contribution is 5.82. The molecule has 4 aromatic rings. The van der Waals surface area contributed by atoms with Gasteiger partial charge in [0.2, 0.25) is 0 Å². The molecule has 0 saturated carbocycles. The van der Waals surface area contributed by atoms with Gasteiger partial charge in [0.1, 0.15) is 11.0 Å². The summed E-state index contributed by atoms with van der Waals surface area (Å²) in [5.41, 5.74) is 8.14. The third-order valence-electron chi connectivity index (χ3n) is 8.05. The minimum absolute atomic E-state index is 0.184. The molecule has 2 aromatic carbocycles. The van der Waals surface area contributed by atoms with Crippen molar-refractivity contribution in [2.24, 2.45) is 11.8 Å². The first-order chi connectivity index (χ1) is 17.4. The maximum absolute atomic E-state index is 6.52. The van der Waals surface area contributed by atoms with Crippen LogP contribution >= 0.6 is 0 Å². The van der Waals surface area contributed by atoms with E-state index in [1.54, 1.807) is 0 Å². The van der Waals surface area contributed by atoms with Crippen molar-refractivity contribution in [3.63, 3.8) is 0 Å². The van der Waals surface area contributed by atoms with Crippen molar-refractivity contribution in [1.29, 1.82) is 0 Å². The molecule has 1 aliphatic carbocycles. The molecule has 0 fully saturated rings. The first kappa shape index (κ1) is 24.3. The number of rotatable bonds is 7. The number of pyridine rings is 1. The summed E-state index contributed by atoms with van der Waals surface area (Å²) in [6.45, 7) is 11.4. The van der Waals surface area contributed by atoms with Gasteiger partial charge in [-0.05, 0) is 71.4 Å². The van der Waals surface area contributed by atoms with Gasteiger partial charge < -0.3 is 4.42 Å². The number of furan rings is 1. The van der Waals surface area contributed by atoms with Crippen LogP contribution < -0.4 is 10.6 Å². The van der Waals surface area contributed by atoms with Gasteiger partial charge in [-0.1, -0.05) is 95.3 Å². The third kappa shape index (κ3) is 4.46. The van der Waals surface area contributed by atoms with Crippen LogP contribution in [0.15, 0.2) is 83.4 Å². The van der Waals surface area contributed by atoms with Gasteiger partial charge in [0.25, 0.3) is 0 Å². The van der Waals surface area contributed by atoms with Crippen molar-refractivity contribution in [1.82, 2.24) is 4.98 Å². The fraction of sp³-hybridized carbons (Fsp3) is 0.324. The topological polar surface area (TPSA) is 26.0 Å². The Morgan fingerprint density at radius 3 is 2.56 bits per heavy atom. The van der Waals surface area contributed by atoms with Crippen LogP contribution in [0.5, 0.6) is 0 Å². The molecule has 0 radical (unpaired) electrons. The number of benzene rings is 2. The fourth-order valence-corrected chi connectivity index (χ4v) is 5.34. The van der Waals surface area contributed by atoms with E-state index in [1.165, 1.54) is 32.9 Å². The second kappa shape index (κ2) is 9.93. The van der Waals surface area contributed by atoms with Crippen LogP contribution in [0.4, 0.5) is 0 Å². The highest BCUT2D eigenvalue weighted by Gasteiger charge is 2.27. The molecule has 0 aliphatic heterocycles. The molecule has 36 heavy (non-hydrogen) atoms. The molecule has 0 spiro atoms. The Kier molecular flexibility index (Phi) is 6.71. The molecule has 0 N–H and O–H groups in total. The van der Waals surface area contributed by atoms with Crippen LogP contribution in [0, 0.1) is 11.8 Å². The van der Waals surface area contributed by atoms with Crippen LogP contribution in [-0.2, 0) is 5.41 Å². The van der Waals surface area contributed by atoms with Crippen LogP contribution in [0.3, 0.4) is 0 Å². The maximum atomic E-state index is 6.52. The van der Waals surface area contributed by atoms with E-state index in [0.717, 1.165) is 36.0 Å². The monoisotopic (exact) mass is 475 g/mol. The maximum Gasteiger partial charge on any atom is 0.140 e. The highest BCUT2D eigenvalue weighted by Crippen LogP contribution is 2.35. The van der Waals surface area contributed by atoms with Gasteiger partial charge in [-0.25, -0.2) is 0 Å². The average molecular weight is 476 g/mol. The number of allylic oxidation sites excluding steroid dienone is 2. The molecule has 1 aliphatic rings. The predicted molar refractivity (Wildman–Crippen MR) is 152 cm³/mol. The molecule has 0 saturated heterocycles. The van der Waals surface area contributed by atoms with Gasteiger partial charge in [-0.3, -0.25) is 4.98 Å². The first-order valence-corrected chi connectivity index (χ1v) is 13.4. The Morgan fingerprint density at radius 1 is 1.03 bits per heavy atom. The van der Waals surface area contributed by atoms with Gasteiger partial charge >= 0.3 is 0 Å². The fourth-order valence-electron chi connectivity index (χ4n) is 5.34. The van der Waals surface area contributed by atoms with E-state index in [4.69, 9.17) is 9.40 Å². The van der Waals surface area contributed by atoms with Gasteiger partial charge in [0.05, 0.1) is 5.69 Å². The van der Waals surface area contributed by atoms with Gasteiger partial charge in [-0.15, -0.1) is 0 Å². The zero-order chi connectivity index (χ0) is 25.3. The molecular weight excluding hydrogens is 438 g/mol.